The molecule has 0 unspecified atom stereocenters. The van der Waals surface area contributed by atoms with Gasteiger partial charge < -0.3 is 0 Å². The number of para-hydroxylation sites is 1. The number of carbonyl (C=O) groups is 1. The largest absolute Gasteiger partial charge is 0.298 e. The average molecular weight is 337 g/mol. The molecule has 4 aliphatic rings. The number of ketones is 1. The van der Waals surface area contributed by atoms with Crippen molar-refractivity contribution in [3.8, 4) is 0 Å². The number of nitrogens with zero attached hydrogens (tertiary/aromatic N) is 1. The van der Waals surface area contributed by atoms with E-state index in [1.54, 1.807) is 11.8 Å². The molecule has 4 aliphatic carbocycles. The van der Waals surface area contributed by atoms with Crippen LogP contribution in [0.3, 0.4) is 0 Å². The minimum atomic E-state index is 0.0275. The summed E-state index contributed by atoms with van der Waals surface area (Å²) in [5, 5.41) is 1.16. The molecule has 4 fully saturated rings. The smallest absolute Gasteiger partial charge is 0.149 e. The third-order valence-electron chi connectivity index (χ3n) is 6.58. The monoisotopic (exact) mass is 337 g/mol. The number of pyridine rings is 1. The highest BCUT2D eigenvalue weighted by molar-refractivity contribution is 8.00. The van der Waals surface area contributed by atoms with E-state index in [0.717, 1.165) is 33.6 Å². The van der Waals surface area contributed by atoms with E-state index in [9.17, 15) is 4.79 Å². The van der Waals surface area contributed by atoms with E-state index in [1.165, 1.54) is 38.5 Å². The van der Waals surface area contributed by atoms with Gasteiger partial charge in [0, 0.05) is 21.9 Å². The molecular weight excluding hydrogens is 314 g/mol. The normalized spacial score (nSPS) is 33.9. The van der Waals surface area contributed by atoms with Gasteiger partial charge in [-0.05, 0) is 68.4 Å². The second-order valence-corrected chi connectivity index (χ2v) is 9.26. The molecule has 1 aromatic heterocycles. The second kappa shape index (κ2) is 5.59. The van der Waals surface area contributed by atoms with Gasteiger partial charge in [-0.2, -0.15) is 0 Å². The highest BCUT2D eigenvalue weighted by Crippen LogP contribution is 2.60. The van der Waals surface area contributed by atoms with Crippen molar-refractivity contribution in [2.75, 3.05) is 5.75 Å². The summed E-state index contributed by atoms with van der Waals surface area (Å²) in [5.74, 6) is 3.64. The fourth-order valence-corrected chi connectivity index (χ4v) is 7.02. The van der Waals surface area contributed by atoms with Crippen LogP contribution in [-0.2, 0) is 4.79 Å². The van der Waals surface area contributed by atoms with Gasteiger partial charge in [0.1, 0.15) is 5.78 Å². The Kier molecular flexibility index (Phi) is 3.48. The topological polar surface area (TPSA) is 30.0 Å². The Morgan fingerprint density at radius 1 is 1.04 bits per heavy atom. The Bertz CT molecular complexity index is 759. The molecule has 1 aromatic carbocycles. The molecule has 0 saturated heterocycles. The summed E-state index contributed by atoms with van der Waals surface area (Å²) in [4.78, 5) is 18.8. The van der Waals surface area contributed by atoms with Crippen LogP contribution in [0.1, 0.15) is 38.5 Å². The van der Waals surface area contributed by atoms with Crippen LogP contribution in [0.2, 0.25) is 0 Å². The number of rotatable bonds is 4. The molecule has 6 rings (SSSR count). The number of aromatic nitrogens is 1. The van der Waals surface area contributed by atoms with Gasteiger partial charge in [0.2, 0.25) is 0 Å². The average Bonchev–Trinajstić information content (AvgIpc) is 2.58. The summed E-state index contributed by atoms with van der Waals surface area (Å²) in [6, 6.07) is 10.3. The van der Waals surface area contributed by atoms with Gasteiger partial charge in [-0.3, -0.25) is 9.78 Å². The van der Waals surface area contributed by atoms with E-state index in [2.05, 4.69) is 29.2 Å². The number of fused-ring (bicyclic) bond motifs is 1. The van der Waals surface area contributed by atoms with Crippen LogP contribution in [0.15, 0.2) is 41.4 Å². The SMILES string of the molecule is O=C(CSc1cccc2cccnc12)C12CC3CC(CC(C3)C1)C2. The molecule has 0 aliphatic heterocycles. The molecule has 24 heavy (non-hydrogen) atoms. The molecule has 3 heteroatoms. The van der Waals surface area contributed by atoms with E-state index in [0.29, 0.717) is 11.5 Å². The molecule has 0 atom stereocenters. The predicted molar refractivity (Wildman–Crippen MR) is 98.1 cm³/mol. The summed E-state index contributed by atoms with van der Waals surface area (Å²) in [5.41, 5.74) is 1.06. The highest BCUT2D eigenvalue weighted by Gasteiger charge is 2.53. The van der Waals surface area contributed by atoms with Crippen molar-refractivity contribution >= 4 is 28.4 Å². The van der Waals surface area contributed by atoms with E-state index in [-0.39, 0.29) is 5.41 Å². The molecule has 0 amide bonds. The Labute approximate surface area is 147 Å². The van der Waals surface area contributed by atoms with Crippen molar-refractivity contribution in [3.63, 3.8) is 0 Å². The molecule has 0 radical (unpaired) electrons. The first-order valence-electron chi connectivity index (χ1n) is 9.22. The lowest BCUT2D eigenvalue weighted by Crippen LogP contribution is -2.50. The molecule has 2 nitrogen and oxygen atoms in total. The zero-order valence-corrected chi connectivity index (χ0v) is 14.7. The standard InChI is InChI=1S/C21H23NOS/c23-19(21-10-14-7-15(11-21)9-16(8-14)12-21)13-24-18-5-1-3-17-4-2-6-22-20(17)18/h1-6,14-16H,7-13H2. The van der Waals surface area contributed by atoms with Crippen LogP contribution in [-0.4, -0.2) is 16.5 Å². The van der Waals surface area contributed by atoms with Gasteiger partial charge in [0.25, 0.3) is 0 Å². The highest BCUT2D eigenvalue weighted by atomic mass is 32.2. The van der Waals surface area contributed by atoms with Crippen molar-refractivity contribution in [2.45, 2.75) is 43.4 Å². The van der Waals surface area contributed by atoms with Gasteiger partial charge in [0.05, 0.1) is 11.3 Å². The van der Waals surface area contributed by atoms with Gasteiger partial charge in [-0.25, -0.2) is 0 Å². The van der Waals surface area contributed by atoms with Crippen molar-refractivity contribution in [3.05, 3.63) is 36.5 Å². The van der Waals surface area contributed by atoms with Crippen LogP contribution in [0, 0.1) is 23.2 Å². The Morgan fingerprint density at radius 3 is 2.42 bits per heavy atom. The Morgan fingerprint density at radius 2 is 1.71 bits per heavy atom. The van der Waals surface area contributed by atoms with Crippen LogP contribution < -0.4 is 0 Å². The number of benzene rings is 1. The van der Waals surface area contributed by atoms with Gasteiger partial charge in [0.15, 0.2) is 0 Å². The molecule has 0 spiro atoms. The van der Waals surface area contributed by atoms with E-state index < -0.39 is 0 Å². The third kappa shape index (κ3) is 2.40. The maximum atomic E-state index is 13.2. The molecule has 1 heterocycles. The van der Waals surface area contributed by atoms with E-state index >= 15 is 0 Å². The van der Waals surface area contributed by atoms with Crippen molar-refractivity contribution in [1.29, 1.82) is 0 Å². The molecule has 0 N–H and O–H groups in total. The molecule has 4 saturated carbocycles. The third-order valence-corrected chi connectivity index (χ3v) is 7.63. The number of Topliss-reactive ketones (excluding diaryl/α,β-unsaturated/α-hetero) is 1. The summed E-state index contributed by atoms with van der Waals surface area (Å²) >= 11 is 1.69. The van der Waals surface area contributed by atoms with Crippen LogP contribution in [0.4, 0.5) is 0 Å². The molecule has 2 aromatic rings. The maximum absolute atomic E-state index is 13.2. The lowest BCUT2D eigenvalue weighted by molar-refractivity contribution is -0.141. The summed E-state index contributed by atoms with van der Waals surface area (Å²) < 4.78 is 0. The zero-order valence-electron chi connectivity index (χ0n) is 13.9. The summed E-state index contributed by atoms with van der Waals surface area (Å²) in [6.45, 7) is 0. The first-order valence-corrected chi connectivity index (χ1v) is 10.2. The lowest BCUT2D eigenvalue weighted by Gasteiger charge is -2.56. The van der Waals surface area contributed by atoms with Crippen molar-refractivity contribution < 1.29 is 4.79 Å². The minimum Gasteiger partial charge on any atom is -0.298 e. The zero-order chi connectivity index (χ0) is 16.1. The van der Waals surface area contributed by atoms with Crippen molar-refractivity contribution in [2.24, 2.45) is 23.2 Å². The number of hydrogen-bond donors (Lipinski definition) is 0. The summed E-state index contributed by atoms with van der Waals surface area (Å²) in [7, 11) is 0. The quantitative estimate of drug-likeness (QED) is 0.726. The Hall–Kier alpha value is -1.35. The van der Waals surface area contributed by atoms with Crippen LogP contribution in [0.5, 0.6) is 0 Å². The van der Waals surface area contributed by atoms with Gasteiger partial charge in [-0.1, -0.05) is 18.2 Å². The fourth-order valence-electron chi connectivity index (χ4n) is 5.94. The summed E-state index contributed by atoms with van der Waals surface area (Å²) in [6.07, 6.45) is 9.55. The Balaban J connectivity index is 1.36. The first-order chi connectivity index (χ1) is 11.7. The maximum Gasteiger partial charge on any atom is 0.149 e. The number of carbonyl (C=O) groups excluding carboxylic acids is 1. The number of hydrogen-bond acceptors (Lipinski definition) is 3. The van der Waals surface area contributed by atoms with Crippen molar-refractivity contribution in [1.82, 2.24) is 4.98 Å². The van der Waals surface area contributed by atoms with E-state index in [1.807, 2.05) is 12.3 Å². The van der Waals surface area contributed by atoms with Crippen LogP contribution in [0.25, 0.3) is 10.9 Å². The predicted octanol–water partition coefficient (Wildman–Crippen LogP) is 5.11. The lowest BCUT2D eigenvalue weighted by atomic mass is 9.48. The van der Waals surface area contributed by atoms with Crippen LogP contribution >= 0.6 is 11.8 Å². The van der Waals surface area contributed by atoms with E-state index in [4.69, 9.17) is 0 Å². The minimum absolute atomic E-state index is 0.0275. The van der Waals surface area contributed by atoms with Gasteiger partial charge in [-0.15, -0.1) is 11.8 Å². The molecule has 124 valence electrons. The fraction of sp³-hybridized carbons (Fsp3) is 0.524. The molecule has 4 bridgehead atoms. The van der Waals surface area contributed by atoms with Gasteiger partial charge >= 0.3 is 0 Å². The second-order valence-electron chi connectivity index (χ2n) is 8.24. The molecular formula is C21H23NOS. The number of thioether (sulfide) groups is 1. The first kappa shape index (κ1) is 14.9.